The molecule has 0 unspecified atom stereocenters. The lowest BCUT2D eigenvalue weighted by Gasteiger charge is -2.11. The highest BCUT2D eigenvalue weighted by molar-refractivity contribution is 5.86. The molecule has 0 bridgehead atoms. The SMILES string of the molecule is CC(C)(C)c1nnc(Cn2nnc(C(=O)O)c2C2CC2)o1. The molecule has 0 aliphatic heterocycles. The minimum absolute atomic E-state index is 0.0214. The Labute approximate surface area is 121 Å². The molecule has 0 amide bonds. The first-order valence-corrected chi connectivity index (χ1v) is 6.86. The van der Waals surface area contributed by atoms with E-state index in [1.807, 2.05) is 20.8 Å². The number of carbonyl (C=O) groups is 1. The molecule has 0 saturated heterocycles. The maximum Gasteiger partial charge on any atom is 0.358 e. The molecule has 8 heteroatoms. The number of nitrogens with zero attached hydrogens (tertiary/aromatic N) is 5. The predicted octanol–water partition coefficient (Wildman–Crippen LogP) is 1.58. The number of aromatic nitrogens is 5. The van der Waals surface area contributed by atoms with E-state index in [2.05, 4.69) is 20.5 Å². The molecule has 2 heterocycles. The Morgan fingerprint density at radius 3 is 2.57 bits per heavy atom. The third kappa shape index (κ3) is 2.65. The lowest BCUT2D eigenvalue weighted by Crippen LogP contribution is -2.11. The quantitative estimate of drug-likeness (QED) is 0.911. The Bertz CT molecular complexity index is 678. The van der Waals surface area contributed by atoms with Gasteiger partial charge in [0.15, 0.2) is 5.69 Å². The van der Waals surface area contributed by atoms with Crippen LogP contribution in [-0.4, -0.2) is 36.3 Å². The van der Waals surface area contributed by atoms with Gasteiger partial charge in [-0.15, -0.1) is 15.3 Å². The minimum atomic E-state index is -1.05. The van der Waals surface area contributed by atoms with E-state index in [-0.39, 0.29) is 23.6 Å². The minimum Gasteiger partial charge on any atom is -0.476 e. The maximum atomic E-state index is 11.2. The summed E-state index contributed by atoms with van der Waals surface area (Å²) in [5.74, 6) is 0.118. The second kappa shape index (κ2) is 4.64. The van der Waals surface area contributed by atoms with Gasteiger partial charge in [-0.2, -0.15) is 0 Å². The molecule has 1 aliphatic carbocycles. The van der Waals surface area contributed by atoms with Gasteiger partial charge in [-0.25, -0.2) is 9.48 Å². The van der Waals surface area contributed by atoms with E-state index in [0.29, 0.717) is 17.5 Å². The van der Waals surface area contributed by atoms with Crippen LogP contribution in [0.2, 0.25) is 0 Å². The van der Waals surface area contributed by atoms with Gasteiger partial charge in [0.2, 0.25) is 11.8 Å². The van der Waals surface area contributed by atoms with E-state index in [1.54, 1.807) is 4.68 Å². The molecule has 8 nitrogen and oxygen atoms in total. The van der Waals surface area contributed by atoms with Crippen molar-refractivity contribution in [3.63, 3.8) is 0 Å². The lowest BCUT2D eigenvalue weighted by molar-refractivity contribution is 0.0689. The summed E-state index contributed by atoms with van der Waals surface area (Å²) in [4.78, 5) is 11.2. The number of hydrogen-bond acceptors (Lipinski definition) is 6. The van der Waals surface area contributed by atoms with Crippen molar-refractivity contribution in [2.75, 3.05) is 0 Å². The van der Waals surface area contributed by atoms with Gasteiger partial charge in [0.25, 0.3) is 0 Å². The van der Waals surface area contributed by atoms with Crippen LogP contribution >= 0.6 is 0 Å². The van der Waals surface area contributed by atoms with Crippen molar-refractivity contribution in [3.05, 3.63) is 23.2 Å². The summed E-state index contributed by atoms with van der Waals surface area (Å²) in [6, 6.07) is 0. The van der Waals surface area contributed by atoms with Crippen LogP contribution in [0, 0.1) is 0 Å². The number of aromatic carboxylic acids is 1. The normalized spacial score (nSPS) is 15.4. The van der Waals surface area contributed by atoms with Crippen LogP contribution in [0.5, 0.6) is 0 Å². The first kappa shape index (κ1) is 13.7. The third-order valence-electron chi connectivity index (χ3n) is 3.33. The molecule has 3 rings (SSSR count). The fourth-order valence-electron chi connectivity index (χ4n) is 2.10. The molecular weight excluding hydrogens is 274 g/mol. The summed E-state index contributed by atoms with van der Waals surface area (Å²) in [5.41, 5.74) is 0.449. The first-order chi connectivity index (χ1) is 9.86. The molecule has 1 N–H and O–H groups in total. The summed E-state index contributed by atoms with van der Waals surface area (Å²) in [6.45, 7) is 6.20. The van der Waals surface area contributed by atoms with Gasteiger partial charge in [-0.05, 0) is 12.8 Å². The average Bonchev–Trinajstić information content (AvgIpc) is 2.95. The lowest BCUT2D eigenvalue weighted by atomic mass is 9.97. The van der Waals surface area contributed by atoms with Gasteiger partial charge in [-0.3, -0.25) is 0 Å². The first-order valence-electron chi connectivity index (χ1n) is 6.86. The van der Waals surface area contributed by atoms with E-state index in [0.717, 1.165) is 12.8 Å². The van der Waals surface area contributed by atoms with Crippen LogP contribution in [0.15, 0.2) is 4.42 Å². The van der Waals surface area contributed by atoms with E-state index in [4.69, 9.17) is 9.52 Å². The molecule has 2 aromatic rings. The molecule has 1 saturated carbocycles. The molecule has 21 heavy (non-hydrogen) atoms. The Kier molecular flexibility index (Phi) is 3.03. The van der Waals surface area contributed by atoms with Crippen LogP contribution in [0.25, 0.3) is 0 Å². The Morgan fingerprint density at radius 2 is 2.05 bits per heavy atom. The van der Waals surface area contributed by atoms with Crippen LogP contribution < -0.4 is 0 Å². The predicted molar refractivity (Wildman–Crippen MR) is 71.1 cm³/mol. The maximum absolute atomic E-state index is 11.2. The van der Waals surface area contributed by atoms with Crippen molar-refractivity contribution in [3.8, 4) is 0 Å². The van der Waals surface area contributed by atoms with Gasteiger partial charge >= 0.3 is 5.97 Å². The van der Waals surface area contributed by atoms with E-state index >= 15 is 0 Å². The zero-order chi connectivity index (χ0) is 15.2. The largest absolute Gasteiger partial charge is 0.476 e. The molecule has 112 valence electrons. The molecule has 0 spiro atoms. The Morgan fingerprint density at radius 1 is 1.33 bits per heavy atom. The highest BCUT2D eigenvalue weighted by Crippen LogP contribution is 2.41. The van der Waals surface area contributed by atoms with E-state index in [9.17, 15) is 4.79 Å². The zero-order valence-corrected chi connectivity index (χ0v) is 12.2. The molecule has 0 atom stereocenters. The third-order valence-corrected chi connectivity index (χ3v) is 3.33. The highest BCUT2D eigenvalue weighted by Gasteiger charge is 2.34. The van der Waals surface area contributed by atoms with Crippen molar-refractivity contribution in [1.29, 1.82) is 0 Å². The number of carboxylic acid groups (broad SMARTS) is 1. The number of carboxylic acids is 1. The molecule has 1 aliphatic rings. The second-order valence-electron chi connectivity index (χ2n) is 6.31. The van der Waals surface area contributed by atoms with Crippen molar-refractivity contribution in [2.45, 2.75) is 51.5 Å². The van der Waals surface area contributed by atoms with Gasteiger partial charge < -0.3 is 9.52 Å². The monoisotopic (exact) mass is 291 g/mol. The van der Waals surface area contributed by atoms with E-state index in [1.165, 1.54) is 0 Å². The highest BCUT2D eigenvalue weighted by atomic mass is 16.4. The second-order valence-corrected chi connectivity index (χ2v) is 6.31. The van der Waals surface area contributed by atoms with Crippen LogP contribution in [0.3, 0.4) is 0 Å². The summed E-state index contributed by atoms with van der Waals surface area (Å²) < 4.78 is 7.18. The molecule has 0 aromatic carbocycles. The van der Waals surface area contributed by atoms with Crippen molar-refractivity contribution < 1.29 is 14.3 Å². The van der Waals surface area contributed by atoms with Gasteiger partial charge in [-0.1, -0.05) is 26.0 Å². The van der Waals surface area contributed by atoms with Gasteiger partial charge in [0, 0.05) is 11.3 Å². The van der Waals surface area contributed by atoms with Crippen LogP contribution in [0.1, 0.15) is 67.5 Å². The average molecular weight is 291 g/mol. The smallest absolute Gasteiger partial charge is 0.358 e. The Hall–Kier alpha value is -2.25. The topological polar surface area (TPSA) is 107 Å². The van der Waals surface area contributed by atoms with Crippen LogP contribution in [-0.2, 0) is 12.0 Å². The van der Waals surface area contributed by atoms with Crippen molar-refractivity contribution in [2.24, 2.45) is 0 Å². The molecule has 1 fully saturated rings. The molecule has 2 aromatic heterocycles. The summed E-state index contributed by atoms with van der Waals surface area (Å²) in [5, 5.41) is 24.9. The van der Waals surface area contributed by atoms with E-state index < -0.39 is 5.97 Å². The van der Waals surface area contributed by atoms with Gasteiger partial charge in [0.05, 0.1) is 5.69 Å². The Balaban J connectivity index is 1.88. The van der Waals surface area contributed by atoms with Crippen LogP contribution in [0.4, 0.5) is 0 Å². The van der Waals surface area contributed by atoms with Gasteiger partial charge in [0.1, 0.15) is 6.54 Å². The fraction of sp³-hybridized carbons (Fsp3) is 0.615. The summed E-state index contributed by atoms with van der Waals surface area (Å²) in [6.07, 6.45) is 1.93. The molecule has 0 radical (unpaired) electrons. The van der Waals surface area contributed by atoms with Crippen molar-refractivity contribution >= 4 is 5.97 Å². The number of rotatable bonds is 4. The number of hydrogen-bond donors (Lipinski definition) is 1. The zero-order valence-electron chi connectivity index (χ0n) is 12.2. The fourth-order valence-corrected chi connectivity index (χ4v) is 2.10. The summed E-state index contributed by atoms with van der Waals surface area (Å²) in [7, 11) is 0. The standard InChI is InChI=1S/C13H17N5O3/c1-13(2,3)12-16-14-8(21-12)6-18-10(7-4-5-7)9(11(19)20)15-17-18/h7H,4-6H2,1-3H3,(H,19,20). The van der Waals surface area contributed by atoms with Crippen molar-refractivity contribution in [1.82, 2.24) is 25.2 Å². The summed E-state index contributed by atoms with van der Waals surface area (Å²) >= 11 is 0. The molecular formula is C13H17N5O3.